The second-order valence-electron chi connectivity index (χ2n) is 6.35. The first kappa shape index (κ1) is 19.1. The largest absolute Gasteiger partial charge is 0.329 e. The summed E-state index contributed by atoms with van der Waals surface area (Å²) in [5.41, 5.74) is 2.64. The Kier molecular flexibility index (Phi) is 5.69. The molecule has 1 aliphatic rings. The van der Waals surface area contributed by atoms with Crippen LogP contribution in [0.25, 0.3) is 0 Å². The van der Waals surface area contributed by atoms with Gasteiger partial charge in [-0.2, -0.15) is 0 Å². The van der Waals surface area contributed by atoms with Gasteiger partial charge in [-0.25, -0.2) is 4.79 Å². The maximum atomic E-state index is 12.3. The molecule has 0 saturated carbocycles. The number of urea groups is 1. The lowest BCUT2D eigenvalue weighted by molar-refractivity contribution is -0.125. The van der Waals surface area contributed by atoms with E-state index >= 15 is 0 Å². The summed E-state index contributed by atoms with van der Waals surface area (Å²) in [6.45, 7) is 1.87. The second-order valence-corrected chi connectivity index (χ2v) is 6.35. The number of anilines is 2. The van der Waals surface area contributed by atoms with Crippen molar-refractivity contribution in [3.8, 4) is 0 Å². The highest BCUT2D eigenvalue weighted by atomic mass is 16.2. The normalized spacial score (nSPS) is 13.2. The van der Waals surface area contributed by atoms with E-state index in [0.29, 0.717) is 16.9 Å². The molecule has 2 aromatic carbocycles. The number of hydrogen-bond acceptors (Lipinski definition) is 4. The average molecular weight is 380 g/mol. The maximum absolute atomic E-state index is 12.3. The predicted molar refractivity (Wildman–Crippen MR) is 104 cm³/mol. The molecule has 28 heavy (non-hydrogen) atoms. The molecule has 1 saturated heterocycles. The lowest BCUT2D eigenvalue weighted by atomic mass is 10.1. The van der Waals surface area contributed by atoms with Crippen LogP contribution in [0.1, 0.15) is 22.3 Å². The van der Waals surface area contributed by atoms with Gasteiger partial charge in [-0.15, -0.1) is 0 Å². The van der Waals surface area contributed by atoms with Crippen molar-refractivity contribution < 1.29 is 19.2 Å². The number of carbonyl (C=O) groups is 4. The summed E-state index contributed by atoms with van der Waals surface area (Å²) in [7, 11) is 0. The zero-order valence-electron chi connectivity index (χ0n) is 15.3. The number of aryl methyl sites for hydroxylation is 1. The van der Waals surface area contributed by atoms with E-state index in [2.05, 4.69) is 16.0 Å². The molecular weight excluding hydrogens is 360 g/mol. The zero-order chi connectivity index (χ0) is 20.1. The first-order chi connectivity index (χ1) is 13.4. The highest BCUT2D eigenvalue weighted by Crippen LogP contribution is 2.16. The van der Waals surface area contributed by atoms with Gasteiger partial charge >= 0.3 is 6.03 Å². The van der Waals surface area contributed by atoms with Gasteiger partial charge in [0.2, 0.25) is 11.8 Å². The number of hydrogen-bond donors (Lipinski definition) is 3. The Labute approximate surface area is 161 Å². The molecule has 0 aliphatic carbocycles. The topological polar surface area (TPSA) is 108 Å². The predicted octanol–water partition coefficient (Wildman–Crippen LogP) is 2.13. The quantitative estimate of drug-likeness (QED) is 0.667. The van der Waals surface area contributed by atoms with Crippen molar-refractivity contribution in [1.29, 1.82) is 0 Å². The number of carbonyl (C=O) groups excluding carboxylic acids is 4. The second kappa shape index (κ2) is 8.34. The number of nitrogens with zero attached hydrogens (tertiary/aromatic N) is 1. The van der Waals surface area contributed by atoms with E-state index in [0.717, 1.165) is 10.5 Å². The van der Waals surface area contributed by atoms with Crippen molar-refractivity contribution in [3.05, 3.63) is 59.7 Å². The van der Waals surface area contributed by atoms with Crippen molar-refractivity contribution >= 4 is 35.1 Å². The molecule has 0 radical (unpaired) electrons. The molecule has 3 N–H and O–H groups in total. The number of nitrogens with one attached hydrogen (secondary N) is 3. The Balaban J connectivity index is 1.52. The van der Waals surface area contributed by atoms with Crippen LogP contribution in [0.3, 0.4) is 0 Å². The van der Waals surface area contributed by atoms with E-state index in [1.807, 2.05) is 19.1 Å². The molecule has 1 heterocycles. The fourth-order valence-corrected chi connectivity index (χ4v) is 2.78. The molecule has 0 unspecified atom stereocenters. The molecule has 0 spiro atoms. The van der Waals surface area contributed by atoms with Crippen LogP contribution in [0.5, 0.6) is 0 Å². The first-order valence-corrected chi connectivity index (χ1v) is 8.79. The first-order valence-electron chi connectivity index (χ1n) is 8.79. The van der Waals surface area contributed by atoms with Gasteiger partial charge < -0.3 is 16.0 Å². The molecule has 5 amide bonds. The highest BCUT2D eigenvalue weighted by molar-refractivity contribution is 6.05. The fraction of sp³-hybridized carbons (Fsp3) is 0.200. The van der Waals surface area contributed by atoms with E-state index in [1.165, 1.54) is 0 Å². The molecule has 1 fully saturated rings. The molecule has 144 valence electrons. The van der Waals surface area contributed by atoms with Gasteiger partial charge in [-0.1, -0.05) is 18.2 Å². The van der Waals surface area contributed by atoms with Gasteiger partial charge in [0.25, 0.3) is 5.91 Å². The minimum atomic E-state index is -0.480. The summed E-state index contributed by atoms with van der Waals surface area (Å²) in [4.78, 5) is 48.3. The van der Waals surface area contributed by atoms with Crippen molar-refractivity contribution in [3.63, 3.8) is 0 Å². The van der Waals surface area contributed by atoms with E-state index in [9.17, 15) is 19.2 Å². The Morgan fingerprint density at radius 1 is 1.00 bits per heavy atom. The van der Waals surface area contributed by atoms with Gasteiger partial charge in [0.15, 0.2) is 0 Å². The molecule has 0 bridgehead atoms. The molecule has 8 heteroatoms. The van der Waals surface area contributed by atoms with Gasteiger partial charge in [0.1, 0.15) is 0 Å². The minimum Gasteiger partial charge on any atom is -0.329 e. The summed E-state index contributed by atoms with van der Waals surface area (Å²) in [6, 6.07) is 13.5. The fourth-order valence-electron chi connectivity index (χ4n) is 2.78. The summed E-state index contributed by atoms with van der Waals surface area (Å²) in [5.74, 6) is -0.862. The van der Waals surface area contributed by atoms with Crippen LogP contribution >= 0.6 is 0 Å². The van der Waals surface area contributed by atoms with E-state index in [4.69, 9.17) is 0 Å². The van der Waals surface area contributed by atoms with E-state index in [-0.39, 0.29) is 37.2 Å². The van der Waals surface area contributed by atoms with Crippen LogP contribution in [-0.4, -0.2) is 41.7 Å². The summed E-state index contributed by atoms with van der Waals surface area (Å²) in [5, 5.41) is 7.91. The third-order valence-electron chi connectivity index (χ3n) is 4.32. The number of rotatable bonds is 6. The monoisotopic (exact) mass is 380 g/mol. The summed E-state index contributed by atoms with van der Waals surface area (Å²) in [6.07, 6.45) is 0.00489. The average Bonchev–Trinajstić information content (AvgIpc) is 2.99. The van der Waals surface area contributed by atoms with E-state index in [1.54, 1.807) is 36.4 Å². The summed E-state index contributed by atoms with van der Waals surface area (Å²) >= 11 is 0. The molecule has 2 aromatic rings. The molecular formula is C20H20N4O4. The minimum absolute atomic E-state index is 0.00489. The Hall–Kier alpha value is -3.68. The third-order valence-corrected chi connectivity index (χ3v) is 4.32. The third kappa shape index (κ3) is 4.53. The van der Waals surface area contributed by atoms with Gasteiger partial charge in [-0.05, 0) is 42.8 Å². The van der Waals surface area contributed by atoms with Crippen molar-refractivity contribution in [2.24, 2.45) is 0 Å². The van der Waals surface area contributed by atoms with Crippen LogP contribution in [0.2, 0.25) is 0 Å². The molecule has 1 aliphatic heterocycles. The molecule has 8 nitrogen and oxygen atoms in total. The Morgan fingerprint density at radius 3 is 2.25 bits per heavy atom. The standard InChI is InChI=1S/C20H20N4O4/c1-13-4-2-3-5-16(13)19(27)23-15-8-6-14(7-9-15)22-17(25)10-11-24-18(26)12-21-20(24)28/h2-9H,10-12H2,1H3,(H,21,28)(H,22,25)(H,23,27). The number of amides is 5. The number of imide groups is 1. The van der Waals surface area contributed by atoms with Crippen LogP contribution < -0.4 is 16.0 Å². The highest BCUT2D eigenvalue weighted by Gasteiger charge is 2.28. The lowest BCUT2D eigenvalue weighted by Gasteiger charge is -2.12. The van der Waals surface area contributed by atoms with Gasteiger partial charge in [0.05, 0.1) is 6.54 Å². The molecule has 0 atom stereocenters. The lowest BCUT2D eigenvalue weighted by Crippen LogP contribution is -2.33. The van der Waals surface area contributed by atoms with Crippen LogP contribution in [0.4, 0.5) is 16.2 Å². The van der Waals surface area contributed by atoms with Crippen LogP contribution in [0, 0.1) is 6.92 Å². The van der Waals surface area contributed by atoms with Gasteiger partial charge in [-0.3, -0.25) is 19.3 Å². The van der Waals surface area contributed by atoms with Crippen LogP contribution in [0.15, 0.2) is 48.5 Å². The maximum Gasteiger partial charge on any atom is 0.324 e. The van der Waals surface area contributed by atoms with Crippen molar-refractivity contribution in [2.45, 2.75) is 13.3 Å². The Morgan fingerprint density at radius 2 is 1.64 bits per heavy atom. The zero-order valence-corrected chi connectivity index (χ0v) is 15.3. The van der Waals surface area contributed by atoms with Crippen LogP contribution in [-0.2, 0) is 9.59 Å². The Bertz CT molecular complexity index is 908. The smallest absolute Gasteiger partial charge is 0.324 e. The van der Waals surface area contributed by atoms with Crippen molar-refractivity contribution in [1.82, 2.24) is 10.2 Å². The number of benzene rings is 2. The SMILES string of the molecule is Cc1ccccc1C(=O)Nc1ccc(NC(=O)CCN2C(=O)CNC2=O)cc1. The van der Waals surface area contributed by atoms with E-state index < -0.39 is 6.03 Å². The van der Waals surface area contributed by atoms with Crippen molar-refractivity contribution in [2.75, 3.05) is 23.7 Å². The summed E-state index contributed by atoms with van der Waals surface area (Å²) < 4.78 is 0. The molecule has 0 aromatic heterocycles. The molecule has 3 rings (SSSR count). The van der Waals surface area contributed by atoms with Gasteiger partial charge in [0, 0.05) is 29.9 Å².